The Kier molecular flexibility index (Phi) is 3.27. The van der Waals surface area contributed by atoms with E-state index in [-0.39, 0.29) is 23.8 Å². The molecule has 1 aromatic carbocycles. The van der Waals surface area contributed by atoms with Crippen LogP contribution in [-0.4, -0.2) is 38.4 Å². The highest BCUT2D eigenvalue weighted by molar-refractivity contribution is 6.23. The number of carbonyl (C=O) groups is 1. The third-order valence-corrected chi connectivity index (χ3v) is 4.21. The summed E-state index contributed by atoms with van der Waals surface area (Å²) in [6, 6.07) is 5.16. The molecule has 2 aromatic heterocycles. The van der Waals surface area contributed by atoms with Crippen LogP contribution < -0.4 is 16.2 Å². The van der Waals surface area contributed by atoms with Crippen molar-refractivity contribution in [3.63, 3.8) is 0 Å². The zero-order valence-corrected chi connectivity index (χ0v) is 13.2. The summed E-state index contributed by atoms with van der Waals surface area (Å²) in [6.45, 7) is 0.243. The van der Waals surface area contributed by atoms with Crippen LogP contribution in [0.25, 0.3) is 16.9 Å². The summed E-state index contributed by atoms with van der Waals surface area (Å²) in [5, 5.41) is 18.3. The van der Waals surface area contributed by atoms with Crippen molar-refractivity contribution in [1.29, 1.82) is 0 Å². The SMILES string of the molecule is CNC(=O)NCc1cccc2c1/C(=N\O)c1c-2[nH]c(=O)c2nccn12. The molecule has 25 heavy (non-hydrogen) atoms. The Morgan fingerprint density at radius 3 is 3.04 bits per heavy atom. The third-order valence-electron chi connectivity index (χ3n) is 4.21. The minimum Gasteiger partial charge on any atom is -0.410 e. The van der Waals surface area contributed by atoms with Crippen molar-refractivity contribution in [1.82, 2.24) is 25.0 Å². The Balaban J connectivity index is 1.94. The number of amides is 2. The second kappa shape index (κ2) is 5.48. The highest BCUT2D eigenvalue weighted by Gasteiger charge is 2.31. The Labute approximate surface area is 141 Å². The highest BCUT2D eigenvalue weighted by Crippen LogP contribution is 2.36. The topological polar surface area (TPSA) is 124 Å². The lowest BCUT2D eigenvalue weighted by Crippen LogP contribution is -2.32. The summed E-state index contributed by atoms with van der Waals surface area (Å²) in [6.07, 6.45) is 3.15. The number of nitrogens with zero attached hydrogens (tertiary/aromatic N) is 3. The Bertz CT molecular complexity index is 1090. The number of benzene rings is 1. The molecule has 0 unspecified atom stereocenters. The van der Waals surface area contributed by atoms with E-state index in [2.05, 4.69) is 25.8 Å². The fraction of sp³-hybridized carbons (Fsp3) is 0.125. The molecule has 0 radical (unpaired) electrons. The average Bonchev–Trinajstić information content (AvgIpc) is 3.23. The van der Waals surface area contributed by atoms with Gasteiger partial charge >= 0.3 is 6.03 Å². The minimum absolute atomic E-state index is 0.220. The van der Waals surface area contributed by atoms with E-state index in [4.69, 9.17) is 0 Å². The number of imidazole rings is 1. The first-order valence-corrected chi connectivity index (χ1v) is 7.55. The van der Waals surface area contributed by atoms with Crippen molar-refractivity contribution in [3.8, 4) is 11.3 Å². The minimum atomic E-state index is -0.331. The van der Waals surface area contributed by atoms with Gasteiger partial charge in [0.1, 0.15) is 11.4 Å². The van der Waals surface area contributed by atoms with Crippen LogP contribution in [0.5, 0.6) is 0 Å². The molecule has 1 aliphatic carbocycles. The lowest BCUT2D eigenvalue weighted by molar-refractivity contribution is 0.242. The van der Waals surface area contributed by atoms with E-state index in [0.29, 0.717) is 22.7 Å². The molecule has 0 fully saturated rings. The smallest absolute Gasteiger partial charge is 0.314 e. The first-order valence-electron chi connectivity index (χ1n) is 7.55. The predicted molar refractivity (Wildman–Crippen MR) is 90.0 cm³/mol. The number of aromatic amines is 1. The second-order valence-electron chi connectivity index (χ2n) is 5.52. The number of rotatable bonds is 2. The van der Waals surface area contributed by atoms with E-state index in [1.165, 1.54) is 13.2 Å². The van der Waals surface area contributed by atoms with Crippen molar-refractivity contribution in [2.45, 2.75) is 6.54 Å². The molecule has 3 aromatic rings. The van der Waals surface area contributed by atoms with Crippen LogP contribution in [0.4, 0.5) is 4.79 Å². The Morgan fingerprint density at radius 2 is 2.28 bits per heavy atom. The number of nitrogens with one attached hydrogen (secondary N) is 3. The molecule has 2 amide bonds. The number of oxime groups is 1. The van der Waals surface area contributed by atoms with Crippen molar-refractivity contribution in [2.75, 3.05) is 7.05 Å². The number of hydrogen-bond acceptors (Lipinski definition) is 5. The summed E-state index contributed by atoms with van der Waals surface area (Å²) in [5.41, 5.74) is 3.47. The van der Waals surface area contributed by atoms with E-state index in [0.717, 1.165) is 11.1 Å². The van der Waals surface area contributed by atoms with E-state index >= 15 is 0 Å². The van der Waals surface area contributed by atoms with Gasteiger partial charge in [0, 0.05) is 37.1 Å². The molecule has 1 aliphatic rings. The molecule has 0 saturated heterocycles. The predicted octanol–water partition coefficient (Wildman–Crippen LogP) is 0.659. The maximum absolute atomic E-state index is 12.2. The van der Waals surface area contributed by atoms with Crippen LogP contribution in [0.3, 0.4) is 0 Å². The standard InChI is InChI=1S/C16H14N6O3/c1-17-16(24)19-7-8-3-2-4-9-10(8)12(21-25)13-11(9)20-15(23)14-18-5-6-22(13)14/h2-6,25H,7H2,1H3,(H,20,23)(H2,17,19,24)/b21-12+. The highest BCUT2D eigenvalue weighted by atomic mass is 16.4. The summed E-state index contributed by atoms with van der Waals surface area (Å²) >= 11 is 0. The molecule has 2 heterocycles. The molecule has 9 nitrogen and oxygen atoms in total. The molecular weight excluding hydrogens is 324 g/mol. The number of hydrogen-bond donors (Lipinski definition) is 4. The molecule has 4 N–H and O–H groups in total. The van der Waals surface area contributed by atoms with Crippen LogP contribution in [0.2, 0.25) is 0 Å². The molecule has 4 rings (SSSR count). The van der Waals surface area contributed by atoms with Crippen molar-refractivity contribution in [2.24, 2.45) is 5.16 Å². The van der Waals surface area contributed by atoms with E-state index in [9.17, 15) is 14.8 Å². The van der Waals surface area contributed by atoms with Crippen LogP contribution in [0.15, 0.2) is 40.5 Å². The molecular formula is C16H14N6O3. The van der Waals surface area contributed by atoms with Gasteiger partial charge in [-0.15, -0.1) is 0 Å². The zero-order valence-electron chi connectivity index (χ0n) is 13.2. The third kappa shape index (κ3) is 2.09. The quantitative estimate of drug-likeness (QED) is 0.316. The molecule has 0 atom stereocenters. The van der Waals surface area contributed by atoms with E-state index < -0.39 is 0 Å². The Morgan fingerprint density at radius 1 is 1.44 bits per heavy atom. The van der Waals surface area contributed by atoms with E-state index in [1.807, 2.05) is 18.2 Å². The van der Waals surface area contributed by atoms with Gasteiger partial charge in [-0.2, -0.15) is 0 Å². The normalized spacial score (nSPS) is 13.7. The number of carbonyl (C=O) groups excluding carboxylic acids is 1. The zero-order chi connectivity index (χ0) is 17.6. The molecule has 0 spiro atoms. The first-order chi connectivity index (χ1) is 12.2. The fourth-order valence-electron chi connectivity index (χ4n) is 3.14. The molecule has 9 heteroatoms. The van der Waals surface area contributed by atoms with Crippen LogP contribution in [-0.2, 0) is 6.54 Å². The van der Waals surface area contributed by atoms with Crippen molar-refractivity contribution in [3.05, 3.63) is 57.8 Å². The van der Waals surface area contributed by atoms with Crippen LogP contribution in [0.1, 0.15) is 16.8 Å². The van der Waals surface area contributed by atoms with Gasteiger partial charge in [0.25, 0.3) is 5.56 Å². The molecule has 0 saturated carbocycles. The van der Waals surface area contributed by atoms with Gasteiger partial charge in [0.2, 0.25) is 5.65 Å². The molecule has 0 bridgehead atoms. The second-order valence-corrected chi connectivity index (χ2v) is 5.52. The lowest BCUT2D eigenvalue weighted by atomic mass is 10.0. The van der Waals surface area contributed by atoms with Gasteiger partial charge in [0.05, 0.1) is 5.69 Å². The Hall–Kier alpha value is -3.62. The number of H-pyrrole nitrogens is 1. The monoisotopic (exact) mass is 338 g/mol. The fourth-order valence-corrected chi connectivity index (χ4v) is 3.14. The molecule has 0 aliphatic heterocycles. The van der Waals surface area contributed by atoms with Gasteiger partial charge in [0.15, 0.2) is 0 Å². The molecule has 126 valence electrons. The number of aromatic nitrogens is 3. The van der Waals surface area contributed by atoms with Crippen molar-refractivity contribution < 1.29 is 10.0 Å². The van der Waals surface area contributed by atoms with Crippen molar-refractivity contribution >= 4 is 17.4 Å². The van der Waals surface area contributed by atoms with Crippen LogP contribution in [0, 0.1) is 0 Å². The summed E-state index contributed by atoms with van der Waals surface area (Å²) in [4.78, 5) is 30.6. The number of fused-ring (bicyclic) bond motifs is 5. The lowest BCUT2D eigenvalue weighted by Gasteiger charge is -2.09. The van der Waals surface area contributed by atoms with Gasteiger partial charge in [-0.05, 0) is 5.56 Å². The summed E-state index contributed by atoms with van der Waals surface area (Å²) < 4.78 is 1.60. The maximum atomic E-state index is 12.2. The maximum Gasteiger partial charge on any atom is 0.314 e. The van der Waals surface area contributed by atoms with Gasteiger partial charge in [-0.1, -0.05) is 23.4 Å². The van der Waals surface area contributed by atoms with Crippen LogP contribution >= 0.6 is 0 Å². The average molecular weight is 338 g/mol. The summed E-state index contributed by atoms with van der Waals surface area (Å²) in [5.74, 6) is 0. The first kappa shape index (κ1) is 14.9. The van der Waals surface area contributed by atoms with Gasteiger partial charge in [-0.3, -0.25) is 9.20 Å². The largest absolute Gasteiger partial charge is 0.410 e. The summed E-state index contributed by atoms with van der Waals surface area (Å²) in [7, 11) is 1.53. The number of urea groups is 1. The van der Waals surface area contributed by atoms with Gasteiger partial charge in [-0.25, -0.2) is 9.78 Å². The van der Waals surface area contributed by atoms with E-state index in [1.54, 1.807) is 10.6 Å². The van der Waals surface area contributed by atoms with Gasteiger partial charge < -0.3 is 20.8 Å².